The first-order valence-electron chi connectivity index (χ1n) is 10.2. The Bertz CT molecular complexity index is 1180. The highest BCUT2D eigenvalue weighted by molar-refractivity contribution is 7.15. The van der Waals surface area contributed by atoms with Crippen molar-refractivity contribution in [3.05, 3.63) is 82.7 Å². The third-order valence-electron chi connectivity index (χ3n) is 5.06. The van der Waals surface area contributed by atoms with Gasteiger partial charge < -0.3 is 11.1 Å². The number of aromatic nitrogens is 3. The molecule has 0 saturated carbocycles. The Morgan fingerprint density at radius 1 is 1.03 bits per heavy atom. The van der Waals surface area contributed by atoms with E-state index in [0.717, 1.165) is 27.6 Å². The molecule has 4 rings (SSSR count). The van der Waals surface area contributed by atoms with Crippen molar-refractivity contribution < 1.29 is 4.39 Å². The van der Waals surface area contributed by atoms with Gasteiger partial charge in [0.2, 0.25) is 5.95 Å². The first kappa shape index (κ1) is 21.1. The Morgan fingerprint density at radius 2 is 1.77 bits per heavy atom. The summed E-state index contributed by atoms with van der Waals surface area (Å²) in [5.41, 5.74) is 9.48. The van der Waals surface area contributed by atoms with E-state index < -0.39 is 0 Å². The smallest absolute Gasteiger partial charge is 0.223 e. The number of benzene rings is 2. The number of nitrogens with zero attached hydrogens (tertiary/aromatic N) is 3. The molecule has 3 N–H and O–H groups in total. The number of anilines is 1. The molecule has 2 heterocycles. The third-order valence-corrected chi connectivity index (χ3v) is 6.29. The van der Waals surface area contributed by atoms with Gasteiger partial charge in [-0.15, -0.1) is 11.3 Å². The second kappa shape index (κ2) is 9.32. The molecule has 0 aliphatic carbocycles. The van der Waals surface area contributed by atoms with Gasteiger partial charge in [-0.25, -0.2) is 19.3 Å². The lowest BCUT2D eigenvalue weighted by atomic mass is 10.1. The number of nitrogens with two attached hydrogens (primary N) is 1. The van der Waals surface area contributed by atoms with Crippen molar-refractivity contribution in [1.82, 2.24) is 15.0 Å². The summed E-state index contributed by atoms with van der Waals surface area (Å²) in [6.45, 7) is 4.56. The maximum Gasteiger partial charge on any atom is 0.223 e. The Balaban J connectivity index is 1.78. The second-order valence-corrected chi connectivity index (χ2v) is 8.36. The zero-order valence-electron chi connectivity index (χ0n) is 17.5. The first-order chi connectivity index (χ1) is 15.1. The quantitative estimate of drug-likeness (QED) is 0.409. The number of nitrogens with one attached hydrogen (secondary N) is 1. The molecule has 0 aliphatic rings. The minimum absolute atomic E-state index is 0.0131. The van der Waals surface area contributed by atoms with Gasteiger partial charge in [-0.3, -0.25) is 0 Å². The number of aryl methyl sites for hydroxylation is 1. The molecule has 4 aromatic rings. The van der Waals surface area contributed by atoms with E-state index in [-0.39, 0.29) is 11.9 Å². The fourth-order valence-electron chi connectivity index (χ4n) is 3.40. The number of thiazole rings is 1. The van der Waals surface area contributed by atoms with Gasteiger partial charge in [0, 0.05) is 22.2 Å². The van der Waals surface area contributed by atoms with E-state index in [9.17, 15) is 4.39 Å². The van der Waals surface area contributed by atoms with E-state index in [2.05, 4.69) is 29.4 Å². The molecular formula is C24H24FN5S. The van der Waals surface area contributed by atoms with E-state index in [1.807, 2.05) is 25.1 Å². The number of halogens is 1. The topological polar surface area (TPSA) is 76.7 Å². The largest absolute Gasteiger partial charge is 0.348 e. The molecule has 0 fully saturated rings. The van der Waals surface area contributed by atoms with Crippen molar-refractivity contribution in [2.45, 2.75) is 26.3 Å². The van der Waals surface area contributed by atoms with Crippen LogP contribution in [0.4, 0.5) is 10.3 Å². The van der Waals surface area contributed by atoms with Crippen LogP contribution in [-0.2, 0) is 6.42 Å². The maximum atomic E-state index is 14.6. The second-order valence-electron chi connectivity index (χ2n) is 7.28. The first-order valence-corrected chi connectivity index (χ1v) is 11.0. The van der Waals surface area contributed by atoms with Crippen LogP contribution < -0.4 is 11.1 Å². The number of hydrogen-bond donors (Lipinski definition) is 2. The molecule has 0 amide bonds. The lowest BCUT2D eigenvalue weighted by molar-refractivity contribution is 0.631. The van der Waals surface area contributed by atoms with Gasteiger partial charge in [-0.05, 0) is 38.4 Å². The fourth-order valence-corrected chi connectivity index (χ4v) is 4.48. The summed E-state index contributed by atoms with van der Waals surface area (Å²) >= 11 is 1.54. The molecule has 0 spiro atoms. The fraction of sp³-hybridized carbons (Fsp3) is 0.208. The van der Waals surface area contributed by atoms with Crippen molar-refractivity contribution in [1.29, 1.82) is 0 Å². The van der Waals surface area contributed by atoms with Crippen LogP contribution in [0.25, 0.3) is 21.8 Å². The molecule has 1 atom stereocenters. The van der Waals surface area contributed by atoms with Crippen molar-refractivity contribution in [3.63, 3.8) is 0 Å². The Hall–Kier alpha value is -3.16. The summed E-state index contributed by atoms with van der Waals surface area (Å²) in [6, 6.07) is 16.7. The number of hydrogen-bond acceptors (Lipinski definition) is 6. The molecule has 2 aromatic heterocycles. The minimum Gasteiger partial charge on any atom is -0.348 e. The van der Waals surface area contributed by atoms with E-state index in [0.29, 0.717) is 29.3 Å². The van der Waals surface area contributed by atoms with E-state index in [1.165, 1.54) is 6.07 Å². The summed E-state index contributed by atoms with van der Waals surface area (Å²) in [5, 5.41) is 4.08. The molecular weight excluding hydrogens is 409 g/mol. The Kier molecular flexibility index (Phi) is 6.34. The van der Waals surface area contributed by atoms with Crippen LogP contribution in [0.5, 0.6) is 0 Å². The van der Waals surface area contributed by atoms with Crippen LogP contribution in [0.1, 0.15) is 29.1 Å². The van der Waals surface area contributed by atoms with Crippen LogP contribution in [0.3, 0.4) is 0 Å². The minimum atomic E-state index is -0.318. The van der Waals surface area contributed by atoms with Gasteiger partial charge in [0.1, 0.15) is 16.5 Å². The summed E-state index contributed by atoms with van der Waals surface area (Å²) in [7, 11) is 0. The summed E-state index contributed by atoms with van der Waals surface area (Å²) < 4.78 is 14.6. The van der Waals surface area contributed by atoms with Gasteiger partial charge in [0.25, 0.3) is 0 Å². The van der Waals surface area contributed by atoms with Crippen LogP contribution >= 0.6 is 11.3 Å². The van der Waals surface area contributed by atoms with E-state index in [1.54, 1.807) is 35.7 Å². The van der Waals surface area contributed by atoms with Crippen molar-refractivity contribution in [2.75, 3.05) is 11.9 Å². The summed E-state index contributed by atoms with van der Waals surface area (Å²) in [4.78, 5) is 15.1. The van der Waals surface area contributed by atoms with Crippen LogP contribution in [0, 0.1) is 12.7 Å². The normalized spacial score (nSPS) is 12.0. The zero-order chi connectivity index (χ0) is 21.8. The van der Waals surface area contributed by atoms with Gasteiger partial charge in [-0.2, -0.15) is 0 Å². The molecule has 0 aliphatic heterocycles. The Labute approximate surface area is 185 Å². The summed E-state index contributed by atoms with van der Waals surface area (Å²) in [6.07, 6.45) is 2.42. The van der Waals surface area contributed by atoms with Crippen LogP contribution in [0.15, 0.2) is 60.8 Å². The highest BCUT2D eigenvalue weighted by Gasteiger charge is 2.19. The van der Waals surface area contributed by atoms with Crippen LogP contribution in [-0.4, -0.2) is 21.5 Å². The molecule has 31 heavy (non-hydrogen) atoms. The molecule has 158 valence electrons. The van der Waals surface area contributed by atoms with Crippen molar-refractivity contribution in [2.24, 2.45) is 5.73 Å². The lowest BCUT2D eigenvalue weighted by Crippen LogP contribution is -2.10. The van der Waals surface area contributed by atoms with Gasteiger partial charge in [0.05, 0.1) is 11.7 Å². The average molecular weight is 434 g/mol. The maximum absolute atomic E-state index is 14.6. The van der Waals surface area contributed by atoms with Crippen LogP contribution in [0.2, 0.25) is 0 Å². The SMILES string of the molecule is Cc1nc(-c2nc(NC(C)c3ccccc3)ncc2-c2ccccc2F)sc1CCN. The predicted octanol–water partition coefficient (Wildman–Crippen LogP) is 5.39. The average Bonchev–Trinajstić information content (AvgIpc) is 3.15. The third kappa shape index (κ3) is 4.62. The zero-order valence-corrected chi connectivity index (χ0v) is 18.3. The number of rotatable bonds is 7. The monoisotopic (exact) mass is 433 g/mol. The molecule has 7 heteroatoms. The highest BCUT2D eigenvalue weighted by Crippen LogP contribution is 2.36. The lowest BCUT2D eigenvalue weighted by Gasteiger charge is -2.16. The van der Waals surface area contributed by atoms with Gasteiger partial charge >= 0.3 is 0 Å². The predicted molar refractivity (Wildman–Crippen MR) is 125 cm³/mol. The van der Waals surface area contributed by atoms with Crippen molar-refractivity contribution in [3.8, 4) is 21.8 Å². The molecule has 0 bridgehead atoms. The molecule has 0 saturated heterocycles. The molecule has 0 radical (unpaired) electrons. The van der Waals surface area contributed by atoms with E-state index >= 15 is 0 Å². The van der Waals surface area contributed by atoms with Gasteiger partial charge in [0.15, 0.2) is 0 Å². The standard InChI is InChI=1S/C24H24FN5S/c1-15(17-8-4-3-5-9-17)29-24-27-14-19(18-10-6-7-11-20(18)25)22(30-24)23-28-16(2)21(31-23)12-13-26/h3-11,14-15H,12-13,26H2,1-2H3,(H,27,29,30). The van der Waals surface area contributed by atoms with Crippen molar-refractivity contribution >= 4 is 17.3 Å². The molecule has 2 aromatic carbocycles. The highest BCUT2D eigenvalue weighted by atomic mass is 32.1. The molecule has 5 nitrogen and oxygen atoms in total. The van der Waals surface area contributed by atoms with E-state index in [4.69, 9.17) is 15.7 Å². The molecule has 1 unspecified atom stereocenters. The summed E-state index contributed by atoms with van der Waals surface area (Å²) in [5.74, 6) is 0.154. The Morgan fingerprint density at radius 3 is 2.52 bits per heavy atom. The van der Waals surface area contributed by atoms with Gasteiger partial charge in [-0.1, -0.05) is 48.5 Å².